The van der Waals surface area contributed by atoms with Gasteiger partial charge in [0, 0.05) is 5.56 Å². The minimum atomic E-state index is -1.32. The van der Waals surface area contributed by atoms with Crippen molar-refractivity contribution in [3.63, 3.8) is 0 Å². The summed E-state index contributed by atoms with van der Waals surface area (Å²) in [6, 6.07) is 5.33. The number of hydrogen-bond donors (Lipinski definition) is 1. The molecule has 0 aliphatic heterocycles. The molecule has 0 unspecified atom stereocenters. The minimum absolute atomic E-state index is 0.369. The zero-order valence-electron chi connectivity index (χ0n) is 9.02. The summed E-state index contributed by atoms with van der Waals surface area (Å²) in [5, 5.41) is 12.7. The molecular formula is C11H12NO4-. The van der Waals surface area contributed by atoms with Crippen LogP contribution in [-0.4, -0.2) is 25.0 Å². The fraction of sp³-hybridized carbons (Fsp3) is 0.273. The van der Waals surface area contributed by atoms with Gasteiger partial charge in [0.05, 0.1) is 19.1 Å². The second-order valence-corrected chi connectivity index (χ2v) is 3.24. The first kappa shape index (κ1) is 12.0. The average Bonchev–Trinajstić information content (AvgIpc) is 2.28. The summed E-state index contributed by atoms with van der Waals surface area (Å²) in [4.78, 5) is 21.9. The predicted molar refractivity (Wildman–Crippen MR) is 54.9 cm³/mol. The number of nitrogens with one attached hydrogen (secondary N) is 1. The lowest BCUT2D eigenvalue weighted by Gasteiger charge is -2.14. The van der Waals surface area contributed by atoms with E-state index in [1.807, 2.05) is 0 Å². The van der Waals surface area contributed by atoms with Gasteiger partial charge in [0.25, 0.3) is 5.91 Å². The number of carbonyl (C=O) groups is 2. The van der Waals surface area contributed by atoms with Crippen LogP contribution in [0.5, 0.6) is 5.75 Å². The second kappa shape index (κ2) is 5.16. The molecule has 0 saturated heterocycles. The monoisotopic (exact) mass is 222 g/mol. The molecule has 0 aromatic heterocycles. The minimum Gasteiger partial charge on any atom is -0.548 e. The lowest BCUT2D eigenvalue weighted by Crippen LogP contribution is -2.45. The highest BCUT2D eigenvalue weighted by molar-refractivity contribution is 5.96. The standard InChI is InChI=1S/C11H13NO4/c1-7(11(14)15)12-10(13)8-3-5-9(16-2)6-4-8/h3-7H,1-2H3,(H,12,13)(H,14,15)/p-1/t7-/m1/s1. The Kier molecular flexibility index (Phi) is 3.88. The fourth-order valence-electron chi connectivity index (χ4n) is 1.08. The molecule has 16 heavy (non-hydrogen) atoms. The smallest absolute Gasteiger partial charge is 0.251 e. The van der Waals surface area contributed by atoms with Gasteiger partial charge in [-0.05, 0) is 31.2 Å². The number of hydrogen-bond acceptors (Lipinski definition) is 4. The molecular weight excluding hydrogens is 210 g/mol. The topological polar surface area (TPSA) is 78.5 Å². The SMILES string of the molecule is COc1ccc(C(=O)N[C@H](C)C(=O)[O-])cc1. The molecule has 5 nitrogen and oxygen atoms in total. The number of carbonyl (C=O) groups excluding carboxylic acids is 2. The Balaban J connectivity index is 2.69. The van der Waals surface area contributed by atoms with E-state index in [-0.39, 0.29) is 0 Å². The molecule has 0 heterocycles. The van der Waals surface area contributed by atoms with Crippen LogP contribution in [0.3, 0.4) is 0 Å². The molecule has 1 amide bonds. The zero-order valence-corrected chi connectivity index (χ0v) is 9.02. The van der Waals surface area contributed by atoms with E-state index in [1.54, 1.807) is 24.3 Å². The Bertz CT molecular complexity index is 385. The van der Waals surface area contributed by atoms with E-state index in [1.165, 1.54) is 14.0 Å². The van der Waals surface area contributed by atoms with Crippen LogP contribution < -0.4 is 15.2 Å². The van der Waals surface area contributed by atoms with Gasteiger partial charge >= 0.3 is 0 Å². The third-order valence-electron chi connectivity index (χ3n) is 2.05. The van der Waals surface area contributed by atoms with Gasteiger partial charge < -0.3 is 20.0 Å². The van der Waals surface area contributed by atoms with Gasteiger partial charge in [-0.15, -0.1) is 0 Å². The summed E-state index contributed by atoms with van der Waals surface area (Å²) in [6.45, 7) is 1.34. The largest absolute Gasteiger partial charge is 0.548 e. The van der Waals surface area contributed by atoms with Crippen molar-refractivity contribution in [1.82, 2.24) is 5.32 Å². The Morgan fingerprint density at radius 1 is 1.31 bits per heavy atom. The van der Waals surface area contributed by atoms with Crippen molar-refractivity contribution in [3.05, 3.63) is 29.8 Å². The van der Waals surface area contributed by atoms with E-state index in [9.17, 15) is 14.7 Å². The average molecular weight is 222 g/mol. The normalized spacial score (nSPS) is 11.6. The molecule has 1 rings (SSSR count). The zero-order chi connectivity index (χ0) is 12.1. The molecule has 1 aromatic rings. The molecule has 1 N–H and O–H groups in total. The maximum Gasteiger partial charge on any atom is 0.251 e. The number of amides is 1. The van der Waals surface area contributed by atoms with E-state index in [4.69, 9.17) is 4.74 Å². The van der Waals surface area contributed by atoms with Crippen LogP contribution in [0.15, 0.2) is 24.3 Å². The van der Waals surface area contributed by atoms with Gasteiger partial charge in [0.15, 0.2) is 0 Å². The van der Waals surface area contributed by atoms with Crippen LogP contribution in [0.25, 0.3) is 0 Å². The fourth-order valence-corrected chi connectivity index (χ4v) is 1.08. The number of carboxylic acid groups (broad SMARTS) is 1. The second-order valence-electron chi connectivity index (χ2n) is 3.24. The molecule has 1 atom stereocenters. The Morgan fingerprint density at radius 3 is 2.31 bits per heavy atom. The van der Waals surface area contributed by atoms with Crippen molar-refractivity contribution in [2.75, 3.05) is 7.11 Å². The molecule has 0 fully saturated rings. The van der Waals surface area contributed by atoms with Crippen LogP contribution in [0.2, 0.25) is 0 Å². The van der Waals surface area contributed by atoms with Crippen molar-refractivity contribution in [2.45, 2.75) is 13.0 Å². The van der Waals surface area contributed by atoms with Crippen molar-refractivity contribution in [1.29, 1.82) is 0 Å². The first-order valence-corrected chi connectivity index (χ1v) is 4.70. The summed E-state index contributed by atoms with van der Waals surface area (Å²) < 4.78 is 4.93. The summed E-state index contributed by atoms with van der Waals surface area (Å²) in [6.07, 6.45) is 0. The Labute approximate surface area is 93.0 Å². The maximum absolute atomic E-state index is 11.5. The third-order valence-corrected chi connectivity index (χ3v) is 2.05. The van der Waals surface area contributed by atoms with E-state index in [2.05, 4.69) is 5.32 Å². The van der Waals surface area contributed by atoms with Crippen LogP contribution in [0, 0.1) is 0 Å². The summed E-state index contributed by atoms with van der Waals surface area (Å²) in [5.41, 5.74) is 0.369. The lowest BCUT2D eigenvalue weighted by molar-refractivity contribution is -0.307. The molecule has 0 saturated carbocycles. The molecule has 0 aliphatic carbocycles. The van der Waals surface area contributed by atoms with E-state index >= 15 is 0 Å². The summed E-state index contributed by atoms with van der Waals surface area (Å²) in [7, 11) is 1.52. The van der Waals surface area contributed by atoms with Gasteiger partial charge in [0.1, 0.15) is 5.75 Å². The number of methoxy groups -OCH3 is 1. The number of carboxylic acids is 1. The maximum atomic E-state index is 11.5. The van der Waals surface area contributed by atoms with E-state index in [0.717, 1.165) is 0 Å². The van der Waals surface area contributed by atoms with Crippen molar-refractivity contribution >= 4 is 11.9 Å². The van der Waals surface area contributed by atoms with Crippen LogP contribution in [-0.2, 0) is 4.79 Å². The highest BCUT2D eigenvalue weighted by Gasteiger charge is 2.09. The van der Waals surface area contributed by atoms with Crippen molar-refractivity contribution < 1.29 is 19.4 Å². The number of aliphatic carboxylic acids is 1. The first-order valence-electron chi connectivity index (χ1n) is 4.70. The van der Waals surface area contributed by atoms with Crippen LogP contribution >= 0.6 is 0 Å². The molecule has 0 bridgehead atoms. The van der Waals surface area contributed by atoms with Gasteiger partial charge in [-0.1, -0.05) is 0 Å². The Hall–Kier alpha value is -2.04. The summed E-state index contributed by atoms with van der Waals surface area (Å²) >= 11 is 0. The third kappa shape index (κ3) is 2.98. The summed E-state index contributed by atoms with van der Waals surface area (Å²) in [5.74, 6) is -1.15. The van der Waals surface area contributed by atoms with Crippen LogP contribution in [0.4, 0.5) is 0 Å². The van der Waals surface area contributed by atoms with Gasteiger partial charge in [0.2, 0.25) is 0 Å². The molecule has 1 aromatic carbocycles. The van der Waals surface area contributed by atoms with Crippen molar-refractivity contribution in [3.8, 4) is 5.75 Å². The van der Waals surface area contributed by atoms with E-state index in [0.29, 0.717) is 11.3 Å². The Morgan fingerprint density at radius 2 is 1.88 bits per heavy atom. The van der Waals surface area contributed by atoms with Gasteiger partial charge in [-0.25, -0.2) is 0 Å². The number of rotatable bonds is 4. The van der Waals surface area contributed by atoms with Gasteiger partial charge in [-0.2, -0.15) is 0 Å². The molecule has 0 spiro atoms. The first-order chi connectivity index (χ1) is 7.54. The molecule has 5 heteroatoms. The highest BCUT2D eigenvalue weighted by Crippen LogP contribution is 2.11. The lowest BCUT2D eigenvalue weighted by atomic mass is 10.2. The molecule has 0 radical (unpaired) electrons. The van der Waals surface area contributed by atoms with Crippen molar-refractivity contribution in [2.24, 2.45) is 0 Å². The van der Waals surface area contributed by atoms with E-state index < -0.39 is 17.9 Å². The molecule has 0 aliphatic rings. The number of ether oxygens (including phenoxy) is 1. The predicted octanol–water partition coefficient (Wildman–Crippen LogP) is -0.437. The quantitative estimate of drug-likeness (QED) is 0.749. The molecule has 86 valence electrons. The van der Waals surface area contributed by atoms with Gasteiger partial charge in [-0.3, -0.25) is 4.79 Å². The number of benzene rings is 1. The highest BCUT2D eigenvalue weighted by atomic mass is 16.5. The van der Waals surface area contributed by atoms with Crippen LogP contribution in [0.1, 0.15) is 17.3 Å².